The lowest BCUT2D eigenvalue weighted by Gasteiger charge is -2.22. The molecule has 0 aliphatic heterocycles. The molecule has 1 rings (SSSR count). The van der Waals surface area contributed by atoms with Gasteiger partial charge in [0.2, 0.25) is 10.0 Å². The molecule has 0 fully saturated rings. The molecule has 24 heavy (non-hydrogen) atoms. The summed E-state index contributed by atoms with van der Waals surface area (Å²) in [6, 6.07) is 4.50. The summed E-state index contributed by atoms with van der Waals surface area (Å²) in [5.41, 5.74) is 6.81. The Morgan fingerprint density at radius 1 is 1.33 bits per heavy atom. The van der Waals surface area contributed by atoms with Crippen molar-refractivity contribution in [3.8, 4) is 0 Å². The van der Waals surface area contributed by atoms with Gasteiger partial charge in [-0.05, 0) is 43.9 Å². The standard InChI is InChI=1S/C17H28N2O4S/c1-6-23-17(20)14-8-7-13(4)16(11-14)24(21,22)19(5)10-9-15(18)12(2)3/h7-8,11-12,15H,6,9-10,18H2,1-5H3. The molecule has 7 heteroatoms. The van der Waals surface area contributed by atoms with Crippen LogP contribution in [0.3, 0.4) is 0 Å². The van der Waals surface area contributed by atoms with Crippen LogP contribution in [0.2, 0.25) is 0 Å². The lowest BCUT2D eigenvalue weighted by atomic mass is 10.0. The van der Waals surface area contributed by atoms with Crippen LogP contribution < -0.4 is 5.73 Å². The number of esters is 1. The number of carbonyl (C=O) groups excluding carboxylic acids is 1. The summed E-state index contributed by atoms with van der Waals surface area (Å²) in [6.45, 7) is 7.98. The van der Waals surface area contributed by atoms with Crippen LogP contribution in [-0.2, 0) is 14.8 Å². The number of hydrogen-bond acceptors (Lipinski definition) is 5. The van der Waals surface area contributed by atoms with Crippen molar-refractivity contribution in [1.82, 2.24) is 4.31 Å². The zero-order valence-corrected chi connectivity index (χ0v) is 15.9. The third kappa shape index (κ3) is 5.03. The molecule has 1 aromatic rings. The van der Waals surface area contributed by atoms with Gasteiger partial charge in [-0.3, -0.25) is 0 Å². The van der Waals surface area contributed by atoms with E-state index in [1.165, 1.54) is 17.4 Å². The molecular weight excluding hydrogens is 328 g/mol. The minimum Gasteiger partial charge on any atom is -0.462 e. The minimum atomic E-state index is -3.69. The van der Waals surface area contributed by atoms with E-state index in [9.17, 15) is 13.2 Å². The molecule has 0 amide bonds. The topological polar surface area (TPSA) is 89.7 Å². The molecule has 0 aliphatic carbocycles. The van der Waals surface area contributed by atoms with Gasteiger partial charge in [0.1, 0.15) is 0 Å². The fourth-order valence-electron chi connectivity index (χ4n) is 2.17. The van der Waals surface area contributed by atoms with Gasteiger partial charge in [0.05, 0.1) is 17.1 Å². The van der Waals surface area contributed by atoms with E-state index < -0.39 is 16.0 Å². The summed E-state index contributed by atoms with van der Waals surface area (Å²) >= 11 is 0. The van der Waals surface area contributed by atoms with E-state index >= 15 is 0 Å². The van der Waals surface area contributed by atoms with Gasteiger partial charge in [-0.2, -0.15) is 0 Å². The monoisotopic (exact) mass is 356 g/mol. The lowest BCUT2D eigenvalue weighted by Crippen LogP contribution is -2.35. The second kappa shape index (κ2) is 8.60. The van der Waals surface area contributed by atoms with Gasteiger partial charge >= 0.3 is 5.97 Å². The quantitative estimate of drug-likeness (QED) is 0.721. The highest BCUT2D eigenvalue weighted by molar-refractivity contribution is 7.89. The van der Waals surface area contributed by atoms with Crippen molar-refractivity contribution in [1.29, 1.82) is 0 Å². The van der Waals surface area contributed by atoms with Crippen LogP contribution in [-0.4, -0.2) is 44.9 Å². The van der Waals surface area contributed by atoms with Crippen LogP contribution >= 0.6 is 0 Å². The molecule has 136 valence electrons. The van der Waals surface area contributed by atoms with E-state index in [0.717, 1.165) is 0 Å². The van der Waals surface area contributed by atoms with Crippen LogP contribution in [0, 0.1) is 12.8 Å². The summed E-state index contributed by atoms with van der Waals surface area (Å²) < 4.78 is 31.8. The molecule has 0 radical (unpaired) electrons. The van der Waals surface area contributed by atoms with Gasteiger partial charge < -0.3 is 10.5 Å². The van der Waals surface area contributed by atoms with Gasteiger partial charge in [0.15, 0.2) is 0 Å². The number of nitrogens with zero attached hydrogens (tertiary/aromatic N) is 1. The number of nitrogens with two attached hydrogens (primary N) is 1. The summed E-state index contributed by atoms with van der Waals surface area (Å²) in [7, 11) is -2.17. The van der Waals surface area contributed by atoms with Crippen LogP contribution in [0.1, 0.15) is 43.1 Å². The summed E-state index contributed by atoms with van der Waals surface area (Å²) in [6.07, 6.45) is 0.573. The fraction of sp³-hybridized carbons (Fsp3) is 0.588. The van der Waals surface area contributed by atoms with Gasteiger partial charge in [-0.15, -0.1) is 0 Å². The summed E-state index contributed by atoms with van der Waals surface area (Å²) in [5.74, 6) is -0.242. The van der Waals surface area contributed by atoms with Crippen molar-refractivity contribution >= 4 is 16.0 Å². The largest absolute Gasteiger partial charge is 0.462 e. The number of aryl methyl sites for hydroxylation is 1. The smallest absolute Gasteiger partial charge is 0.338 e. The Hall–Kier alpha value is -1.44. The van der Waals surface area contributed by atoms with Crippen LogP contribution in [0.4, 0.5) is 0 Å². The van der Waals surface area contributed by atoms with Crippen LogP contribution in [0.25, 0.3) is 0 Å². The SMILES string of the molecule is CCOC(=O)c1ccc(C)c(S(=O)(=O)N(C)CCC(N)C(C)C)c1. The predicted octanol–water partition coefficient (Wildman–Crippen LogP) is 2.17. The Morgan fingerprint density at radius 3 is 2.50 bits per heavy atom. The second-order valence-corrected chi connectivity index (χ2v) is 8.24. The first-order valence-electron chi connectivity index (χ1n) is 8.11. The van der Waals surface area contributed by atoms with Crippen molar-refractivity contribution in [2.45, 2.75) is 45.1 Å². The lowest BCUT2D eigenvalue weighted by molar-refractivity contribution is 0.0526. The molecule has 1 atom stereocenters. The number of carbonyl (C=O) groups is 1. The Bertz CT molecular complexity index is 671. The molecule has 0 spiro atoms. The van der Waals surface area contributed by atoms with E-state index in [4.69, 9.17) is 10.5 Å². The number of hydrogen-bond donors (Lipinski definition) is 1. The van der Waals surface area contributed by atoms with E-state index in [1.807, 2.05) is 13.8 Å². The van der Waals surface area contributed by atoms with Crippen molar-refractivity contribution in [2.24, 2.45) is 11.7 Å². The molecule has 1 unspecified atom stereocenters. The average molecular weight is 356 g/mol. The zero-order chi connectivity index (χ0) is 18.5. The highest BCUT2D eigenvalue weighted by Gasteiger charge is 2.25. The maximum absolute atomic E-state index is 12.8. The van der Waals surface area contributed by atoms with Gasteiger partial charge in [0, 0.05) is 19.6 Å². The molecular formula is C17H28N2O4S. The highest BCUT2D eigenvalue weighted by atomic mass is 32.2. The Kier molecular flexibility index (Phi) is 7.38. The second-order valence-electron chi connectivity index (χ2n) is 6.22. The molecule has 6 nitrogen and oxygen atoms in total. The molecule has 0 heterocycles. The van der Waals surface area contributed by atoms with Crippen LogP contribution in [0.5, 0.6) is 0 Å². The molecule has 1 aromatic carbocycles. The Morgan fingerprint density at radius 2 is 1.96 bits per heavy atom. The first kappa shape index (κ1) is 20.6. The first-order valence-corrected chi connectivity index (χ1v) is 9.55. The Balaban J connectivity index is 3.04. The molecule has 0 aromatic heterocycles. The number of benzene rings is 1. The summed E-state index contributed by atoms with van der Waals surface area (Å²) in [5, 5.41) is 0. The Labute approximate surface area is 145 Å². The van der Waals surface area contributed by atoms with Crippen molar-refractivity contribution in [2.75, 3.05) is 20.2 Å². The van der Waals surface area contributed by atoms with E-state index in [0.29, 0.717) is 18.5 Å². The number of sulfonamides is 1. The third-order valence-electron chi connectivity index (χ3n) is 4.02. The number of rotatable bonds is 8. The average Bonchev–Trinajstić information content (AvgIpc) is 2.52. The molecule has 0 bridgehead atoms. The highest BCUT2D eigenvalue weighted by Crippen LogP contribution is 2.21. The predicted molar refractivity (Wildman–Crippen MR) is 94.4 cm³/mol. The van der Waals surface area contributed by atoms with Crippen LogP contribution in [0.15, 0.2) is 23.1 Å². The maximum atomic E-state index is 12.8. The normalized spacial score (nSPS) is 13.3. The molecule has 0 saturated carbocycles. The van der Waals surface area contributed by atoms with Gasteiger partial charge in [0.25, 0.3) is 0 Å². The zero-order valence-electron chi connectivity index (χ0n) is 15.1. The molecule has 0 saturated heterocycles. The van der Waals surface area contributed by atoms with E-state index in [-0.39, 0.29) is 29.0 Å². The molecule has 2 N–H and O–H groups in total. The van der Waals surface area contributed by atoms with E-state index in [1.54, 1.807) is 26.0 Å². The van der Waals surface area contributed by atoms with Gasteiger partial charge in [-0.1, -0.05) is 19.9 Å². The first-order chi connectivity index (χ1) is 11.1. The van der Waals surface area contributed by atoms with Crippen molar-refractivity contribution in [3.05, 3.63) is 29.3 Å². The van der Waals surface area contributed by atoms with Crippen molar-refractivity contribution < 1.29 is 17.9 Å². The number of ether oxygens (including phenoxy) is 1. The summed E-state index contributed by atoms with van der Waals surface area (Å²) in [4.78, 5) is 12.0. The molecule has 0 aliphatic rings. The maximum Gasteiger partial charge on any atom is 0.338 e. The third-order valence-corrected chi connectivity index (χ3v) is 6.02. The fourth-order valence-corrected chi connectivity index (χ4v) is 3.60. The van der Waals surface area contributed by atoms with Gasteiger partial charge in [-0.25, -0.2) is 17.5 Å². The van der Waals surface area contributed by atoms with Crippen molar-refractivity contribution in [3.63, 3.8) is 0 Å². The van der Waals surface area contributed by atoms with E-state index in [2.05, 4.69) is 0 Å². The minimum absolute atomic E-state index is 0.0605.